The molecular formula is C10H18N6O2. The largest absolute Gasteiger partial charge is 0.391 e. The van der Waals surface area contributed by atoms with Crippen LogP contribution < -0.4 is 21.7 Å². The number of aliphatic hydroxyl groups is 2. The van der Waals surface area contributed by atoms with Crippen molar-refractivity contribution in [2.24, 2.45) is 0 Å². The zero-order valence-electron chi connectivity index (χ0n) is 10.3. The number of nitrogens with zero attached hydrogens (tertiary/aromatic N) is 2. The quantitative estimate of drug-likeness (QED) is 0.407. The highest BCUT2D eigenvalue weighted by Crippen LogP contribution is 2.30. The lowest BCUT2D eigenvalue weighted by atomic mass is 10.0. The summed E-state index contributed by atoms with van der Waals surface area (Å²) in [5.74, 6) is 1.30. The molecule has 0 aliphatic carbocycles. The van der Waals surface area contributed by atoms with Gasteiger partial charge in [0, 0.05) is 13.6 Å². The molecule has 8 heteroatoms. The van der Waals surface area contributed by atoms with Gasteiger partial charge in [0.1, 0.15) is 11.8 Å². The first kappa shape index (κ1) is 12.7. The van der Waals surface area contributed by atoms with Crippen LogP contribution in [0.5, 0.6) is 0 Å². The summed E-state index contributed by atoms with van der Waals surface area (Å²) in [6, 6.07) is -0.344. The van der Waals surface area contributed by atoms with Gasteiger partial charge >= 0.3 is 0 Å². The molecule has 2 rings (SSSR count). The van der Waals surface area contributed by atoms with E-state index in [9.17, 15) is 10.2 Å². The van der Waals surface area contributed by atoms with Gasteiger partial charge in [0.15, 0.2) is 11.6 Å². The highest BCUT2D eigenvalue weighted by Gasteiger charge is 2.29. The number of hydrogen-bond donors (Lipinski definition) is 6. The standard InChI is InChI=1S/C10H18N6O2/c1-4(17)7(18)5-3-13-9-6(14-5)8(11)15-10(12-2)16-9/h4-5,7,14,17-18H,3H2,1-2H3,(H4,11,12,13,15,16). The number of nitrogen functional groups attached to an aromatic ring is 1. The van der Waals surface area contributed by atoms with Crippen molar-refractivity contribution in [3.05, 3.63) is 0 Å². The zero-order chi connectivity index (χ0) is 13.3. The van der Waals surface area contributed by atoms with E-state index in [4.69, 9.17) is 5.73 Å². The van der Waals surface area contributed by atoms with Crippen molar-refractivity contribution in [1.82, 2.24) is 9.97 Å². The first-order valence-corrected chi connectivity index (χ1v) is 5.74. The lowest BCUT2D eigenvalue weighted by Gasteiger charge is -2.32. The average molecular weight is 254 g/mol. The predicted octanol–water partition coefficient (Wildman–Crippen LogP) is -0.952. The number of aliphatic hydroxyl groups excluding tert-OH is 2. The first-order chi connectivity index (χ1) is 8.52. The molecule has 3 unspecified atom stereocenters. The molecule has 0 fully saturated rings. The van der Waals surface area contributed by atoms with Crippen molar-refractivity contribution in [2.75, 3.05) is 35.3 Å². The molecule has 7 N–H and O–H groups in total. The smallest absolute Gasteiger partial charge is 0.226 e. The Morgan fingerprint density at radius 1 is 1.44 bits per heavy atom. The molecule has 18 heavy (non-hydrogen) atoms. The highest BCUT2D eigenvalue weighted by molar-refractivity contribution is 5.79. The minimum atomic E-state index is -0.894. The van der Waals surface area contributed by atoms with Crippen LogP contribution in [0, 0.1) is 0 Å². The summed E-state index contributed by atoms with van der Waals surface area (Å²) >= 11 is 0. The molecule has 0 saturated heterocycles. The Kier molecular flexibility index (Phi) is 3.39. The number of hydrogen-bond acceptors (Lipinski definition) is 8. The molecule has 0 spiro atoms. The van der Waals surface area contributed by atoms with E-state index in [2.05, 4.69) is 25.9 Å². The van der Waals surface area contributed by atoms with Crippen LogP contribution in [-0.2, 0) is 0 Å². The summed E-state index contributed by atoms with van der Waals surface area (Å²) in [6.07, 6.45) is -1.72. The van der Waals surface area contributed by atoms with E-state index in [-0.39, 0.29) is 6.04 Å². The molecule has 0 bridgehead atoms. The van der Waals surface area contributed by atoms with E-state index in [1.165, 1.54) is 6.92 Å². The third-order valence-corrected chi connectivity index (χ3v) is 2.89. The van der Waals surface area contributed by atoms with Crippen molar-refractivity contribution < 1.29 is 10.2 Å². The van der Waals surface area contributed by atoms with Crippen molar-refractivity contribution in [3.63, 3.8) is 0 Å². The van der Waals surface area contributed by atoms with Gasteiger partial charge in [0.2, 0.25) is 5.95 Å². The summed E-state index contributed by atoms with van der Waals surface area (Å²) in [5, 5.41) is 28.1. The van der Waals surface area contributed by atoms with Crippen LogP contribution in [0.1, 0.15) is 6.92 Å². The number of nitrogens with one attached hydrogen (secondary N) is 3. The second kappa shape index (κ2) is 4.83. The fourth-order valence-electron chi connectivity index (χ4n) is 1.85. The molecule has 1 aliphatic rings. The molecule has 3 atom stereocenters. The van der Waals surface area contributed by atoms with E-state index in [1.54, 1.807) is 7.05 Å². The Bertz CT molecular complexity index is 439. The molecule has 0 aromatic carbocycles. The van der Waals surface area contributed by atoms with Gasteiger partial charge in [-0.2, -0.15) is 9.97 Å². The second-order valence-corrected chi connectivity index (χ2v) is 4.27. The second-order valence-electron chi connectivity index (χ2n) is 4.27. The minimum absolute atomic E-state index is 0.291. The Morgan fingerprint density at radius 3 is 2.78 bits per heavy atom. The summed E-state index contributed by atoms with van der Waals surface area (Å²) < 4.78 is 0. The maximum absolute atomic E-state index is 9.82. The van der Waals surface area contributed by atoms with Crippen LogP contribution in [0.4, 0.5) is 23.3 Å². The third-order valence-electron chi connectivity index (χ3n) is 2.89. The molecule has 8 nitrogen and oxygen atoms in total. The Hall–Kier alpha value is -1.80. The average Bonchev–Trinajstić information content (AvgIpc) is 2.37. The molecular weight excluding hydrogens is 236 g/mol. The van der Waals surface area contributed by atoms with Gasteiger partial charge < -0.3 is 31.9 Å². The fraction of sp³-hybridized carbons (Fsp3) is 0.600. The van der Waals surface area contributed by atoms with Crippen molar-refractivity contribution in [3.8, 4) is 0 Å². The Labute approximate surface area is 105 Å². The Balaban J connectivity index is 2.24. The normalized spacial score (nSPS) is 21.2. The summed E-state index contributed by atoms with van der Waals surface area (Å²) in [6.45, 7) is 1.98. The number of rotatable bonds is 3. The molecule has 0 saturated carbocycles. The van der Waals surface area contributed by atoms with Crippen molar-refractivity contribution in [2.45, 2.75) is 25.2 Å². The van der Waals surface area contributed by atoms with Gasteiger partial charge in [-0.05, 0) is 6.92 Å². The monoisotopic (exact) mass is 254 g/mol. The zero-order valence-corrected chi connectivity index (χ0v) is 10.3. The van der Waals surface area contributed by atoms with E-state index in [1.807, 2.05) is 0 Å². The van der Waals surface area contributed by atoms with E-state index in [0.717, 1.165) is 0 Å². The van der Waals surface area contributed by atoms with Crippen LogP contribution in [0.2, 0.25) is 0 Å². The molecule has 100 valence electrons. The molecule has 0 amide bonds. The van der Waals surface area contributed by atoms with Crippen LogP contribution in [-0.4, -0.2) is 52.0 Å². The molecule has 1 aromatic rings. The number of fused-ring (bicyclic) bond motifs is 1. The van der Waals surface area contributed by atoms with Gasteiger partial charge in [-0.1, -0.05) is 0 Å². The van der Waals surface area contributed by atoms with Gasteiger partial charge in [0.25, 0.3) is 0 Å². The van der Waals surface area contributed by atoms with Crippen molar-refractivity contribution >= 4 is 23.3 Å². The molecule has 1 aromatic heterocycles. The molecule has 1 aliphatic heterocycles. The topological polar surface area (TPSA) is 128 Å². The van der Waals surface area contributed by atoms with Gasteiger partial charge in [-0.25, -0.2) is 0 Å². The Morgan fingerprint density at radius 2 is 2.17 bits per heavy atom. The molecule has 0 radical (unpaired) electrons. The maximum atomic E-state index is 9.82. The van der Waals surface area contributed by atoms with Gasteiger partial charge in [-0.3, -0.25) is 0 Å². The van der Waals surface area contributed by atoms with Gasteiger partial charge in [0.05, 0.1) is 12.1 Å². The third kappa shape index (κ3) is 2.24. The summed E-state index contributed by atoms with van der Waals surface area (Å²) in [5.41, 5.74) is 6.36. The lowest BCUT2D eigenvalue weighted by molar-refractivity contribution is 0.0214. The van der Waals surface area contributed by atoms with Crippen LogP contribution >= 0.6 is 0 Å². The summed E-state index contributed by atoms with van der Waals surface area (Å²) in [4.78, 5) is 8.26. The lowest BCUT2D eigenvalue weighted by Crippen LogP contribution is -2.47. The van der Waals surface area contributed by atoms with E-state index in [0.29, 0.717) is 29.8 Å². The van der Waals surface area contributed by atoms with Crippen LogP contribution in [0.25, 0.3) is 0 Å². The van der Waals surface area contributed by atoms with Crippen LogP contribution in [0.3, 0.4) is 0 Å². The fourth-order valence-corrected chi connectivity index (χ4v) is 1.85. The predicted molar refractivity (Wildman–Crippen MR) is 69.6 cm³/mol. The molecule has 2 heterocycles. The van der Waals surface area contributed by atoms with E-state index < -0.39 is 12.2 Å². The SMILES string of the molecule is CNc1nc(N)c2c(n1)NCC(C(O)C(C)O)N2. The summed E-state index contributed by atoms with van der Waals surface area (Å²) in [7, 11) is 1.71. The first-order valence-electron chi connectivity index (χ1n) is 5.74. The maximum Gasteiger partial charge on any atom is 0.226 e. The highest BCUT2D eigenvalue weighted by atomic mass is 16.3. The van der Waals surface area contributed by atoms with Crippen LogP contribution in [0.15, 0.2) is 0 Å². The minimum Gasteiger partial charge on any atom is -0.391 e. The number of nitrogens with two attached hydrogens (primary N) is 1. The van der Waals surface area contributed by atoms with Gasteiger partial charge in [-0.15, -0.1) is 0 Å². The van der Waals surface area contributed by atoms with E-state index >= 15 is 0 Å². The number of aromatic nitrogens is 2. The number of anilines is 4. The van der Waals surface area contributed by atoms with Crippen molar-refractivity contribution in [1.29, 1.82) is 0 Å².